The minimum absolute atomic E-state index is 0.339. The Balaban J connectivity index is 1.81. The molecule has 0 aromatic heterocycles. The van der Waals surface area contributed by atoms with Gasteiger partial charge in [-0.05, 0) is 50.5 Å². The number of nitrogens with one attached hydrogen (secondary N) is 1. The molecule has 1 saturated heterocycles. The third kappa shape index (κ3) is 3.05. The highest BCUT2D eigenvalue weighted by Gasteiger charge is 2.38. The standard InChI is InChI=1S/C15H28N2O/c1-3-14(18)17-11-9-15(10-12-17)7-5-13(6-8-15)16-4-2/h13,16H,3-12H2,1-2H3. The Labute approximate surface area is 111 Å². The molecule has 1 saturated carbocycles. The summed E-state index contributed by atoms with van der Waals surface area (Å²) >= 11 is 0. The number of hydrogen-bond donors (Lipinski definition) is 1. The minimum Gasteiger partial charge on any atom is -0.343 e. The van der Waals surface area contributed by atoms with Crippen molar-refractivity contribution in [2.75, 3.05) is 19.6 Å². The number of carbonyl (C=O) groups excluding carboxylic acids is 1. The van der Waals surface area contributed by atoms with Crippen LogP contribution >= 0.6 is 0 Å². The van der Waals surface area contributed by atoms with Gasteiger partial charge in [0, 0.05) is 25.6 Å². The summed E-state index contributed by atoms with van der Waals surface area (Å²) < 4.78 is 0. The molecule has 0 aromatic carbocycles. The van der Waals surface area contributed by atoms with Gasteiger partial charge in [0.25, 0.3) is 0 Å². The van der Waals surface area contributed by atoms with Crippen molar-refractivity contribution in [2.24, 2.45) is 5.41 Å². The molecular weight excluding hydrogens is 224 g/mol. The van der Waals surface area contributed by atoms with Gasteiger partial charge < -0.3 is 10.2 Å². The monoisotopic (exact) mass is 252 g/mol. The lowest BCUT2D eigenvalue weighted by Gasteiger charge is -2.46. The molecule has 0 bridgehead atoms. The Morgan fingerprint density at radius 2 is 1.78 bits per heavy atom. The fourth-order valence-electron chi connectivity index (χ4n) is 3.68. The number of amides is 1. The molecule has 1 heterocycles. The molecule has 0 radical (unpaired) electrons. The van der Waals surface area contributed by atoms with Gasteiger partial charge in [-0.15, -0.1) is 0 Å². The normalized spacial score (nSPS) is 24.4. The van der Waals surface area contributed by atoms with E-state index in [1.165, 1.54) is 38.5 Å². The first-order chi connectivity index (χ1) is 8.69. The Morgan fingerprint density at radius 3 is 2.28 bits per heavy atom. The van der Waals surface area contributed by atoms with Crippen LogP contribution in [0.2, 0.25) is 0 Å². The van der Waals surface area contributed by atoms with Crippen molar-refractivity contribution in [1.82, 2.24) is 10.2 Å². The third-order valence-corrected chi connectivity index (χ3v) is 5.02. The number of rotatable bonds is 3. The molecule has 2 fully saturated rings. The van der Waals surface area contributed by atoms with Crippen LogP contribution in [0.25, 0.3) is 0 Å². The van der Waals surface area contributed by atoms with Crippen LogP contribution in [-0.2, 0) is 4.79 Å². The Bertz CT molecular complexity index is 272. The zero-order valence-electron chi connectivity index (χ0n) is 12.0. The first-order valence-corrected chi connectivity index (χ1v) is 7.70. The topological polar surface area (TPSA) is 32.3 Å². The van der Waals surface area contributed by atoms with Crippen molar-refractivity contribution in [3.63, 3.8) is 0 Å². The van der Waals surface area contributed by atoms with Gasteiger partial charge in [-0.3, -0.25) is 4.79 Å². The van der Waals surface area contributed by atoms with Crippen LogP contribution in [0.15, 0.2) is 0 Å². The maximum atomic E-state index is 11.7. The SMILES string of the molecule is CCNC1CCC2(CC1)CCN(C(=O)CC)CC2. The summed E-state index contributed by atoms with van der Waals surface area (Å²) in [7, 11) is 0. The van der Waals surface area contributed by atoms with E-state index in [2.05, 4.69) is 17.1 Å². The lowest BCUT2D eigenvalue weighted by Crippen LogP contribution is -2.46. The van der Waals surface area contributed by atoms with Crippen LogP contribution < -0.4 is 5.32 Å². The second-order valence-electron chi connectivity index (χ2n) is 6.07. The van der Waals surface area contributed by atoms with E-state index in [0.717, 1.165) is 25.7 Å². The van der Waals surface area contributed by atoms with Crippen molar-refractivity contribution in [2.45, 2.75) is 64.8 Å². The maximum absolute atomic E-state index is 11.7. The van der Waals surface area contributed by atoms with Crippen molar-refractivity contribution >= 4 is 5.91 Å². The smallest absolute Gasteiger partial charge is 0.222 e. The second kappa shape index (κ2) is 6.05. The first kappa shape index (κ1) is 13.9. The van der Waals surface area contributed by atoms with Gasteiger partial charge >= 0.3 is 0 Å². The van der Waals surface area contributed by atoms with Gasteiger partial charge in [0.05, 0.1) is 0 Å². The van der Waals surface area contributed by atoms with Crippen LogP contribution in [0.3, 0.4) is 0 Å². The van der Waals surface area contributed by atoms with Crippen LogP contribution in [0.5, 0.6) is 0 Å². The molecule has 0 unspecified atom stereocenters. The molecule has 3 nitrogen and oxygen atoms in total. The average Bonchev–Trinajstić information content (AvgIpc) is 2.42. The van der Waals surface area contributed by atoms with Crippen molar-refractivity contribution in [3.05, 3.63) is 0 Å². The van der Waals surface area contributed by atoms with Crippen LogP contribution in [0.4, 0.5) is 0 Å². The molecule has 2 rings (SSSR count). The van der Waals surface area contributed by atoms with Crippen LogP contribution in [0.1, 0.15) is 58.8 Å². The molecule has 1 aliphatic carbocycles. The molecular formula is C15H28N2O. The fourth-order valence-corrected chi connectivity index (χ4v) is 3.68. The molecule has 18 heavy (non-hydrogen) atoms. The second-order valence-corrected chi connectivity index (χ2v) is 6.07. The maximum Gasteiger partial charge on any atom is 0.222 e. The lowest BCUT2D eigenvalue weighted by molar-refractivity contribution is -0.133. The van der Waals surface area contributed by atoms with Crippen LogP contribution in [0, 0.1) is 5.41 Å². The third-order valence-electron chi connectivity index (χ3n) is 5.02. The van der Waals surface area contributed by atoms with Crippen molar-refractivity contribution in [1.29, 1.82) is 0 Å². The highest BCUT2D eigenvalue weighted by Crippen LogP contribution is 2.44. The molecule has 3 heteroatoms. The summed E-state index contributed by atoms with van der Waals surface area (Å²) in [6.45, 7) is 7.25. The molecule has 2 aliphatic rings. The predicted molar refractivity (Wildman–Crippen MR) is 74.5 cm³/mol. The number of likely N-dealkylation sites (tertiary alicyclic amines) is 1. The zero-order valence-corrected chi connectivity index (χ0v) is 12.0. The summed E-state index contributed by atoms with van der Waals surface area (Å²) in [4.78, 5) is 13.8. The van der Waals surface area contributed by atoms with Gasteiger partial charge in [-0.2, -0.15) is 0 Å². The van der Waals surface area contributed by atoms with Gasteiger partial charge in [-0.1, -0.05) is 13.8 Å². The summed E-state index contributed by atoms with van der Waals surface area (Å²) in [5.41, 5.74) is 0.566. The van der Waals surface area contributed by atoms with Gasteiger partial charge in [-0.25, -0.2) is 0 Å². The van der Waals surface area contributed by atoms with Crippen LogP contribution in [-0.4, -0.2) is 36.5 Å². The molecule has 1 amide bonds. The van der Waals surface area contributed by atoms with Gasteiger partial charge in [0.2, 0.25) is 5.91 Å². The quantitative estimate of drug-likeness (QED) is 0.837. The summed E-state index contributed by atoms with van der Waals surface area (Å²) in [6, 6.07) is 0.746. The molecule has 0 aromatic rings. The van der Waals surface area contributed by atoms with E-state index in [-0.39, 0.29) is 0 Å². The predicted octanol–water partition coefficient (Wildman–Crippen LogP) is 2.56. The van der Waals surface area contributed by atoms with E-state index >= 15 is 0 Å². The van der Waals surface area contributed by atoms with Gasteiger partial charge in [0.1, 0.15) is 0 Å². The first-order valence-electron chi connectivity index (χ1n) is 7.70. The molecule has 104 valence electrons. The lowest BCUT2D eigenvalue weighted by atomic mass is 9.67. The average molecular weight is 252 g/mol. The summed E-state index contributed by atoms with van der Waals surface area (Å²) in [5, 5.41) is 3.58. The largest absolute Gasteiger partial charge is 0.343 e. The molecule has 1 N–H and O–H groups in total. The molecule has 0 atom stereocenters. The fraction of sp³-hybridized carbons (Fsp3) is 0.933. The van der Waals surface area contributed by atoms with E-state index in [4.69, 9.17) is 0 Å². The van der Waals surface area contributed by atoms with E-state index in [0.29, 0.717) is 17.7 Å². The minimum atomic E-state index is 0.339. The van der Waals surface area contributed by atoms with E-state index < -0.39 is 0 Å². The number of hydrogen-bond acceptors (Lipinski definition) is 2. The summed E-state index contributed by atoms with van der Waals surface area (Å²) in [6.07, 6.45) is 8.51. The van der Waals surface area contributed by atoms with Crippen molar-refractivity contribution in [3.8, 4) is 0 Å². The van der Waals surface area contributed by atoms with E-state index in [1.807, 2.05) is 6.92 Å². The highest BCUT2D eigenvalue weighted by molar-refractivity contribution is 5.75. The Morgan fingerprint density at radius 1 is 1.17 bits per heavy atom. The van der Waals surface area contributed by atoms with E-state index in [9.17, 15) is 4.79 Å². The summed E-state index contributed by atoms with van der Waals surface area (Å²) in [5.74, 6) is 0.339. The Hall–Kier alpha value is -0.570. The molecule has 1 aliphatic heterocycles. The molecule has 1 spiro atoms. The highest BCUT2D eigenvalue weighted by atomic mass is 16.2. The number of carbonyl (C=O) groups is 1. The Kier molecular flexibility index (Phi) is 4.66. The van der Waals surface area contributed by atoms with Crippen molar-refractivity contribution < 1.29 is 4.79 Å². The van der Waals surface area contributed by atoms with Gasteiger partial charge in [0.15, 0.2) is 0 Å². The zero-order chi connectivity index (χ0) is 13.0. The number of nitrogens with zero attached hydrogens (tertiary/aromatic N) is 1. The van der Waals surface area contributed by atoms with E-state index in [1.54, 1.807) is 0 Å². The number of piperidine rings is 1.